The molecule has 0 radical (unpaired) electrons. The lowest BCUT2D eigenvalue weighted by Crippen LogP contribution is -2.12. The predicted octanol–water partition coefficient (Wildman–Crippen LogP) is 5.43. The number of benzene rings is 2. The summed E-state index contributed by atoms with van der Waals surface area (Å²) in [6, 6.07) is 21.3. The molecule has 5 heteroatoms. The molecule has 1 unspecified atom stereocenters. The first kappa shape index (κ1) is 19.0. The molecule has 0 aliphatic carbocycles. The number of hydrogen-bond donors (Lipinski definition) is 2. The quantitative estimate of drug-likeness (QED) is 0.421. The molecule has 0 bridgehead atoms. The maximum Gasteiger partial charge on any atom is 0.228 e. The second-order valence-corrected chi connectivity index (χ2v) is 6.87. The van der Waals surface area contributed by atoms with Crippen LogP contribution in [0.4, 0.5) is 5.69 Å². The molecule has 4 rings (SSSR count). The molecule has 0 saturated carbocycles. The summed E-state index contributed by atoms with van der Waals surface area (Å²) in [6.07, 6.45) is 2.08. The number of anilines is 1. The fourth-order valence-corrected chi connectivity index (χ4v) is 3.17. The number of fused-ring (bicyclic) bond motifs is 1. The van der Waals surface area contributed by atoms with E-state index in [9.17, 15) is 5.11 Å². The molecular formula is C24H24N2O3. The molecule has 5 nitrogen and oxygen atoms in total. The highest BCUT2D eigenvalue weighted by atomic mass is 16.5. The van der Waals surface area contributed by atoms with E-state index in [1.165, 1.54) is 0 Å². The molecule has 0 saturated heterocycles. The van der Waals surface area contributed by atoms with Gasteiger partial charge in [-0.15, -0.1) is 0 Å². The van der Waals surface area contributed by atoms with Crippen molar-refractivity contribution in [3.05, 3.63) is 78.5 Å². The van der Waals surface area contributed by atoms with Crippen LogP contribution < -0.4 is 10.1 Å². The van der Waals surface area contributed by atoms with E-state index in [1.807, 2.05) is 66.7 Å². The summed E-state index contributed by atoms with van der Waals surface area (Å²) in [5.74, 6) is 1.59. The molecule has 4 aromatic rings. The number of aliphatic hydroxyl groups is 1. The largest absolute Gasteiger partial charge is 0.494 e. The lowest BCUT2D eigenvalue weighted by molar-refractivity contribution is 0.191. The first-order valence-electron chi connectivity index (χ1n) is 9.83. The topological polar surface area (TPSA) is 67.5 Å². The summed E-state index contributed by atoms with van der Waals surface area (Å²) >= 11 is 0. The van der Waals surface area contributed by atoms with Gasteiger partial charge in [0.1, 0.15) is 11.5 Å². The van der Waals surface area contributed by atoms with E-state index < -0.39 is 6.10 Å². The summed E-state index contributed by atoms with van der Waals surface area (Å²) in [4.78, 5) is 4.34. The minimum Gasteiger partial charge on any atom is -0.494 e. The Bertz CT molecular complexity index is 1060. The number of aromatic nitrogens is 1. The Morgan fingerprint density at radius 1 is 1.07 bits per heavy atom. The molecular weight excluding hydrogens is 364 g/mol. The van der Waals surface area contributed by atoms with E-state index in [-0.39, 0.29) is 0 Å². The normalized spacial score (nSPS) is 12.1. The summed E-state index contributed by atoms with van der Waals surface area (Å²) in [5.41, 5.74) is 3.28. The Morgan fingerprint density at radius 2 is 1.86 bits per heavy atom. The van der Waals surface area contributed by atoms with Gasteiger partial charge in [-0.3, -0.25) is 0 Å². The zero-order valence-corrected chi connectivity index (χ0v) is 16.3. The molecule has 2 heterocycles. The third kappa shape index (κ3) is 4.41. The van der Waals surface area contributed by atoms with Gasteiger partial charge < -0.3 is 19.6 Å². The number of ether oxygens (including phenoxy) is 1. The third-order valence-corrected chi connectivity index (χ3v) is 4.72. The summed E-state index contributed by atoms with van der Waals surface area (Å²) in [7, 11) is 0. The highest BCUT2D eigenvalue weighted by molar-refractivity contribution is 5.91. The van der Waals surface area contributed by atoms with Gasteiger partial charge in [0, 0.05) is 24.0 Å². The van der Waals surface area contributed by atoms with Crippen LogP contribution >= 0.6 is 0 Å². The van der Waals surface area contributed by atoms with Crippen molar-refractivity contribution in [2.24, 2.45) is 0 Å². The van der Waals surface area contributed by atoms with Crippen LogP contribution in [-0.4, -0.2) is 23.2 Å². The van der Waals surface area contributed by atoms with Crippen LogP contribution in [0.5, 0.6) is 5.75 Å². The Morgan fingerprint density at radius 3 is 2.62 bits per heavy atom. The maximum atomic E-state index is 10.4. The van der Waals surface area contributed by atoms with E-state index in [0.717, 1.165) is 40.1 Å². The van der Waals surface area contributed by atoms with Crippen molar-refractivity contribution in [1.82, 2.24) is 4.98 Å². The molecule has 2 aromatic carbocycles. The Balaban J connectivity index is 1.52. The van der Waals surface area contributed by atoms with E-state index in [2.05, 4.69) is 17.2 Å². The number of hydrogen-bond acceptors (Lipinski definition) is 5. The Labute approximate surface area is 170 Å². The van der Waals surface area contributed by atoms with Crippen molar-refractivity contribution < 1.29 is 14.3 Å². The van der Waals surface area contributed by atoms with Gasteiger partial charge in [0.05, 0.1) is 18.1 Å². The van der Waals surface area contributed by atoms with Gasteiger partial charge in [-0.05, 0) is 48.4 Å². The SMILES string of the molecule is CCCOc1ccc(-c2cc3c(NCC(O)c4ccccc4)ccnc3o2)cc1. The highest BCUT2D eigenvalue weighted by Crippen LogP contribution is 2.32. The molecule has 0 amide bonds. The number of rotatable bonds is 8. The lowest BCUT2D eigenvalue weighted by atomic mass is 10.1. The molecule has 0 spiro atoms. The van der Waals surface area contributed by atoms with Gasteiger partial charge in [-0.1, -0.05) is 37.3 Å². The van der Waals surface area contributed by atoms with E-state index in [0.29, 0.717) is 18.9 Å². The molecule has 0 aliphatic rings. The van der Waals surface area contributed by atoms with Crippen LogP contribution in [0.3, 0.4) is 0 Å². The molecule has 1 atom stereocenters. The number of nitrogens with one attached hydrogen (secondary N) is 1. The van der Waals surface area contributed by atoms with Gasteiger partial charge in [-0.2, -0.15) is 0 Å². The molecule has 0 fully saturated rings. The summed E-state index contributed by atoms with van der Waals surface area (Å²) in [6.45, 7) is 3.19. The van der Waals surface area contributed by atoms with E-state index in [1.54, 1.807) is 6.20 Å². The van der Waals surface area contributed by atoms with Crippen molar-refractivity contribution in [3.63, 3.8) is 0 Å². The zero-order chi connectivity index (χ0) is 20.1. The minimum atomic E-state index is -0.596. The molecule has 2 aromatic heterocycles. The van der Waals surface area contributed by atoms with Crippen LogP contribution in [0.2, 0.25) is 0 Å². The summed E-state index contributed by atoms with van der Waals surface area (Å²) in [5, 5.41) is 14.6. The standard InChI is InChI=1S/C24H24N2O3/c1-2-14-28-19-10-8-18(9-11-19)23-15-20-21(12-13-25-24(20)29-23)26-16-22(27)17-6-4-3-5-7-17/h3-13,15,22,27H,2,14,16H2,1H3,(H,25,26). The second kappa shape index (κ2) is 8.80. The van der Waals surface area contributed by atoms with Crippen LogP contribution in [0.1, 0.15) is 25.0 Å². The van der Waals surface area contributed by atoms with Crippen LogP contribution in [0, 0.1) is 0 Å². The third-order valence-electron chi connectivity index (χ3n) is 4.72. The molecule has 148 valence electrons. The number of pyridine rings is 1. The molecule has 2 N–H and O–H groups in total. The summed E-state index contributed by atoms with van der Waals surface area (Å²) < 4.78 is 11.6. The van der Waals surface area contributed by atoms with Crippen molar-refractivity contribution in [3.8, 4) is 17.1 Å². The molecule has 0 aliphatic heterocycles. The Hall–Kier alpha value is -3.31. The van der Waals surface area contributed by atoms with Gasteiger partial charge in [0.15, 0.2) is 0 Å². The van der Waals surface area contributed by atoms with Crippen LogP contribution in [0.25, 0.3) is 22.4 Å². The monoisotopic (exact) mass is 388 g/mol. The average Bonchev–Trinajstić information content (AvgIpc) is 3.22. The van der Waals surface area contributed by atoms with Crippen molar-refractivity contribution in [2.45, 2.75) is 19.4 Å². The lowest BCUT2D eigenvalue weighted by Gasteiger charge is -2.13. The first-order chi connectivity index (χ1) is 14.2. The van der Waals surface area contributed by atoms with Gasteiger partial charge in [0.2, 0.25) is 5.71 Å². The molecule has 29 heavy (non-hydrogen) atoms. The van der Waals surface area contributed by atoms with Crippen LogP contribution in [-0.2, 0) is 0 Å². The van der Waals surface area contributed by atoms with Crippen LogP contribution in [0.15, 0.2) is 77.3 Å². The Kier molecular flexibility index (Phi) is 5.77. The van der Waals surface area contributed by atoms with Crippen molar-refractivity contribution in [2.75, 3.05) is 18.5 Å². The second-order valence-electron chi connectivity index (χ2n) is 6.87. The first-order valence-corrected chi connectivity index (χ1v) is 9.83. The average molecular weight is 388 g/mol. The van der Waals surface area contributed by atoms with Gasteiger partial charge in [0.25, 0.3) is 0 Å². The van der Waals surface area contributed by atoms with Crippen molar-refractivity contribution >= 4 is 16.8 Å². The van der Waals surface area contributed by atoms with E-state index >= 15 is 0 Å². The zero-order valence-electron chi connectivity index (χ0n) is 16.3. The number of aliphatic hydroxyl groups excluding tert-OH is 1. The fraction of sp³-hybridized carbons (Fsp3) is 0.208. The van der Waals surface area contributed by atoms with Gasteiger partial charge >= 0.3 is 0 Å². The smallest absolute Gasteiger partial charge is 0.228 e. The predicted molar refractivity (Wildman–Crippen MR) is 115 cm³/mol. The number of furan rings is 1. The number of nitrogens with zero attached hydrogens (tertiary/aromatic N) is 1. The fourth-order valence-electron chi connectivity index (χ4n) is 3.17. The highest BCUT2D eigenvalue weighted by Gasteiger charge is 2.13. The van der Waals surface area contributed by atoms with Crippen molar-refractivity contribution in [1.29, 1.82) is 0 Å². The minimum absolute atomic E-state index is 0.396. The van der Waals surface area contributed by atoms with Gasteiger partial charge in [-0.25, -0.2) is 4.98 Å². The maximum absolute atomic E-state index is 10.4. The van der Waals surface area contributed by atoms with E-state index in [4.69, 9.17) is 9.15 Å².